The molecule has 0 spiro atoms. The summed E-state index contributed by atoms with van der Waals surface area (Å²) in [5.74, 6) is 0.801. The van der Waals surface area contributed by atoms with Crippen molar-refractivity contribution < 1.29 is 4.74 Å². The molecule has 120 valence electrons. The molecule has 1 N–H and O–H groups in total. The van der Waals surface area contributed by atoms with Crippen molar-refractivity contribution in [3.63, 3.8) is 0 Å². The van der Waals surface area contributed by atoms with Gasteiger partial charge in [-0.15, -0.1) is 11.3 Å². The average molecular weight is 328 g/mol. The molecule has 0 radical (unpaired) electrons. The molecule has 0 aromatic carbocycles. The highest BCUT2D eigenvalue weighted by Gasteiger charge is 2.23. The van der Waals surface area contributed by atoms with Crippen LogP contribution in [-0.4, -0.2) is 42.7 Å². The van der Waals surface area contributed by atoms with Crippen molar-refractivity contribution in [3.05, 3.63) is 45.8 Å². The molecule has 2 aromatic rings. The van der Waals surface area contributed by atoms with Crippen molar-refractivity contribution >= 4 is 17.2 Å². The fraction of sp³-hybridized carbons (Fsp3) is 0.412. The molecule has 1 unspecified atom stereocenters. The number of hydrogen-bond acceptors (Lipinski definition) is 6. The van der Waals surface area contributed by atoms with E-state index in [-0.39, 0.29) is 0 Å². The standard InChI is InChI=1S/C17H20N4OS/c1-13-2-4-16(23-13)15(21-6-8-22-9-7-21)12-20-17-5-3-14(10-18)11-19-17/h2-5,11,15H,6-9,12H2,1H3,(H,19,20). The van der Waals surface area contributed by atoms with E-state index in [1.54, 1.807) is 12.3 Å². The highest BCUT2D eigenvalue weighted by Crippen LogP contribution is 2.28. The fourth-order valence-corrected chi connectivity index (χ4v) is 3.71. The van der Waals surface area contributed by atoms with Crippen LogP contribution < -0.4 is 5.32 Å². The van der Waals surface area contributed by atoms with Crippen LogP contribution in [-0.2, 0) is 4.74 Å². The number of morpholine rings is 1. The van der Waals surface area contributed by atoms with Gasteiger partial charge in [-0.1, -0.05) is 0 Å². The van der Waals surface area contributed by atoms with E-state index in [0.29, 0.717) is 11.6 Å². The normalized spacial score (nSPS) is 16.7. The van der Waals surface area contributed by atoms with Crippen molar-refractivity contribution in [1.82, 2.24) is 9.88 Å². The molecule has 2 aromatic heterocycles. The Morgan fingerprint density at radius 1 is 1.35 bits per heavy atom. The summed E-state index contributed by atoms with van der Waals surface area (Å²) in [4.78, 5) is 9.45. The van der Waals surface area contributed by atoms with Crippen LogP contribution in [0.5, 0.6) is 0 Å². The predicted octanol–water partition coefficient (Wildman–Crippen LogP) is 2.81. The molecule has 0 amide bonds. The maximum absolute atomic E-state index is 8.84. The molecular formula is C17H20N4OS. The number of aryl methyl sites for hydroxylation is 1. The summed E-state index contributed by atoms with van der Waals surface area (Å²) in [7, 11) is 0. The van der Waals surface area contributed by atoms with Gasteiger partial charge in [-0.2, -0.15) is 5.26 Å². The van der Waals surface area contributed by atoms with Gasteiger partial charge in [-0.25, -0.2) is 4.98 Å². The molecule has 3 rings (SSSR count). The molecule has 1 aliphatic heterocycles. The number of thiophene rings is 1. The smallest absolute Gasteiger partial charge is 0.126 e. The van der Waals surface area contributed by atoms with E-state index in [1.807, 2.05) is 17.4 Å². The van der Waals surface area contributed by atoms with E-state index >= 15 is 0 Å². The third-order valence-electron chi connectivity index (χ3n) is 3.95. The Hall–Kier alpha value is -1.94. The maximum atomic E-state index is 8.84. The molecule has 3 heterocycles. The first-order valence-electron chi connectivity index (χ1n) is 7.74. The van der Waals surface area contributed by atoms with Gasteiger partial charge in [-0.05, 0) is 31.2 Å². The third kappa shape index (κ3) is 4.08. The Balaban J connectivity index is 1.71. The van der Waals surface area contributed by atoms with Crippen LogP contribution in [0, 0.1) is 18.3 Å². The molecule has 1 fully saturated rings. The number of hydrogen-bond donors (Lipinski definition) is 1. The Morgan fingerprint density at radius 3 is 2.78 bits per heavy atom. The van der Waals surface area contributed by atoms with Gasteiger partial charge in [0.2, 0.25) is 0 Å². The molecule has 23 heavy (non-hydrogen) atoms. The Morgan fingerprint density at radius 2 is 2.17 bits per heavy atom. The van der Waals surface area contributed by atoms with Crippen molar-refractivity contribution in [2.75, 3.05) is 38.2 Å². The summed E-state index contributed by atoms with van der Waals surface area (Å²) < 4.78 is 5.48. The molecular weight excluding hydrogens is 308 g/mol. The van der Waals surface area contributed by atoms with Crippen LogP contribution in [0.2, 0.25) is 0 Å². The van der Waals surface area contributed by atoms with Crippen molar-refractivity contribution in [2.24, 2.45) is 0 Å². The minimum Gasteiger partial charge on any atom is -0.379 e. The number of rotatable bonds is 5. The van der Waals surface area contributed by atoms with Crippen LogP contribution in [0.15, 0.2) is 30.5 Å². The first-order valence-corrected chi connectivity index (χ1v) is 8.56. The SMILES string of the molecule is Cc1ccc(C(CNc2ccc(C#N)cn2)N2CCOCC2)s1. The third-order valence-corrected chi connectivity index (χ3v) is 5.05. The molecule has 5 nitrogen and oxygen atoms in total. The van der Waals surface area contributed by atoms with Crippen LogP contribution >= 0.6 is 11.3 Å². The van der Waals surface area contributed by atoms with Crippen LogP contribution in [0.25, 0.3) is 0 Å². The number of aromatic nitrogens is 1. The van der Waals surface area contributed by atoms with E-state index in [0.717, 1.165) is 38.7 Å². The van der Waals surface area contributed by atoms with E-state index in [1.165, 1.54) is 9.75 Å². The second-order valence-corrected chi connectivity index (χ2v) is 6.86. The number of nitriles is 1. The Bertz CT molecular complexity index is 671. The zero-order valence-electron chi connectivity index (χ0n) is 13.2. The number of nitrogens with one attached hydrogen (secondary N) is 1. The van der Waals surface area contributed by atoms with Gasteiger partial charge < -0.3 is 10.1 Å². The van der Waals surface area contributed by atoms with Gasteiger partial charge in [0, 0.05) is 35.6 Å². The van der Waals surface area contributed by atoms with E-state index in [4.69, 9.17) is 10.00 Å². The van der Waals surface area contributed by atoms with Gasteiger partial charge >= 0.3 is 0 Å². The Kier molecular flexibility index (Phi) is 5.23. The highest BCUT2D eigenvalue weighted by molar-refractivity contribution is 7.12. The molecule has 6 heteroatoms. The van der Waals surface area contributed by atoms with Crippen LogP contribution in [0.1, 0.15) is 21.4 Å². The lowest BCUT2D eigenvalue weighted by Gasteiger charge is -2.34. The highest BCUT2D eigenvalue weighted by atomic mass is 32.1. The lowest BCUT2D eigenvalue weighted by Crippen LogP contribution is -2.41. The van der Waals surface area contributed by atoms with Gasteiger partial charge in [0.15, 0.2) is 0 Å². The lowest BCUT2D eigenvalue weighted by molar-refractivity contribution is 0.0194. The van der Waals surface area contributed by atoms with Crippen molar-refractivity contribution in [1.29, 1.82) is 5.26 Å². The molecule has 1 atom stereocenters. The van der Waals surface area contributed by atoms with Gasteiger partial charge in [-0.3, -0.25) is 4.90 Å². The fourth-order valence-electron chi connectivity index (χ4n) is 2.70. The van der Waals surface area contributed by atoms with Crippen LogP contribution in [0.3, 0.4) is 0 Å². The van der Waals surface area contributed by atoms with Crippen molar-refractivity contribution in [2.45, 2.75) is 13.0 Å². The average Bonchev–Trinajstić information content (AvgIpc) is 3.03. The van der Waals surface area contributed by atoms with Crippen molar-refractivity contribution in [3.8, 4) is 6.07 Å². The topological polar surface area (TPSA) is 61.2 Å². The summed E-state index contributed by atoms with van der Waals surface area (Å²) in [6, 6.07) is 10.4. The van der Waals surface area contributed by atoms with E-state index < -0.39 is 0 Å². The van der Waals surface area contributed by atoms with Gasteiger partial charge in [0.1, 0.15) is 11.9 Å². The molecule has 0 aliphatic carbocycles. The second-order valence-electron chi connectivity index (χ2n) is 5.54. The van der Waals surface area contributed by atoms with Gasteiger partial charge in [0.05, 0.1) is 24.8 Å². The van der Waals surface area contributed by atoms with E-state index in [2.05, 4.69) is 40.3 Å². The Labute approximate surface area is 140 Å². The summed E-state index contributed by atoms with van der Waals surface area (Å²) in [6.45, 7) is 6.40. The first kappa shape index (κ1) is 15.9. The minimum atomic E-state index is 0.315. The number of ether oxygens (including phenoxy) is 1. The molecule has 0 saturated carbocycles. The largest absolute Gasteiger partial charge is 0.379 e. The second kappa shape index (κ2) is 7.55. The van der Waals surface area contributed by atoms with E-state index in [9.17, 15) is 0 Å². The summed E-state index contributed by atoms with van der Waals surface area (Å²) in [5.41, 5.74) is 0.578. The summed E-state index contributed by atoms with van der Waals surface area (Å²) in [5, 5.41) is 12.2. The molecule has 0 bridgehead atoms. The number of nitrogens with zero attached hydrogens (tertiary/aromatic N) is 3. The quantitative estimate of drug-likeness (QED) is 0.914. The zero-order valence-corrected chi connectivity index (χ0v) is 14.0. The number of anilines is 1. The monoisotopic (exact) mass is 328 g/mol. The predicted molar refractivity (Wildman–Crippen MR) is 91.6 cm³/mol. The first-order chi connectivity index (χ1) is 11.3. The molecule has 1 saturated heterocycles. The summed E-state index contributed by atoms with van der Waals surface area (Å²) in [6.07, 6.45) is 1.60. The number of pyridine rings is 1. The molecule has 1 aliphatic rings. The summed E-state index contributed by atoms with van der Waals surface area (Å²) >= 11 is 1.84. The lowest BCUT2D eigenvalue weighted by atomic mass is 10.2. The van der Waals surface area contributed by atoms with Crippen LogP contribution in [0.4, 0.5) is 5.82 Å². The maximum Gasteiger partial charge on any atom is 0.126 e. The van der Waals surface area contributed by atoms with Gasteiger partial charge in [0.25, 0.3) is 0 Å². The zero-order chi connectivity index (χ0) is 16.1. The minimum absolute atomic E-state index is 0.315.